The zero-order valence-corrected chi connectivity index (χ0v) is 14.4. The summed E-state index contributed by atoms with van der Waals surface area (Å²) in [5.74, 6) is 0.722. The van der Waals surface area contributed by atoms with Gasteiger partial charge in [-0.2, -0.15) is 0 Å². The Morgan fingerprint density at radius 1 is 1.53 bits per heavy atom. The van der Waals surface area contributed by atoms with Gasteiger partial charge in [0.15, 0.2) is 0 Å². The maximum absolute atomic E-state index is 12.1. The van der Waals surface area contributed by atoms with Gasteiger partial charge in [-0.1, -0.05) is 27.5 Å². The molecule has 0 radical (unpaired) electrons. The Bertz CT molecular complexity index is 675. The molecular formula is C12H9BrClIN2O2. The lowest BCUT2D eigenvalue weighted by Gasteiger charge is -2.11. The van der Waals surface area contributed by atoms with Crippen LogP contribution >= 0.6 is 50.1 Å². The molecule has 0 atom stereocenters. The van der Waals surface area contributed by atoms with Gasteiger partial charge in [-0.3, -0.25) is 9.36 Å². The lowest BCUT2D eigenvalue weighted by Crippen LogP contribution is -2.23. The van der Waals surface area contributed by atoms with Gasteiger partial charge in [0.2, 0.25) is 0 Å². The number of rotatable bonds is 3. The van der Waals surface area contributed by atoms with E-state index in [1.165, 1.54) is 10.9 Å². The second kappa shape index (κ2) is 6.23. The first-order valence-electron chi connectivity index (χ1n) is 5.25. The third-order valence-corrected chi connectivity index (χ3v) is 4.59. The predicted molar refractivity (Wildman–Crippen MR) is 86.0 cm³/mol. The molecule has 0 spiro atoms. The molecule has 2 rings (SSSR count). The molecule has 0 aliphatic rings. The summed E-state index contributed by atoms with van der Waals surface area (Å²) in [5.41, 5.74) is 0.724. The van der Waals surface area contributed by atoms with Crippen molar-refractivity contribution in [3.05, 3.63) is 53.6 Å². The first-order valence-corrected chi connectivity index (χ1v) is 7.50. The van der Waals surface area contributed by atoms with Crippen molar-refractivity contribution in [2.24, 2.45) is 0 Å². The first kappa shape index (κ1) is 14.8. The highest BCUT2D eigenvalue weighted by Crippen LogP contribution is 2.23. The largest absolute Gasteiger partial charge is 0.496 e. The average Bonchev–Trinajstić information content (AvgIpc) is 2.40. The fraction of sp³-hybridized carbons (Fsp3) is 0.167. The standard InChI is InChI=1S/C12H9BrClIN2O2/c1-19-9-3-2-8(13)4-7(9)5-17-6-16-11(14)10(15)12(17)18/h2-4,6H,5H2,1H3. The third-order valence-electron chi connectivity index (χ3n) is 2.52. The Labute approximate surface area is 137 Å². The summed E-state index contributed by atoms with van der Waals surface area (Å²) >= 11 is 11.1. The van der Waals surface area contributed by atoms with E-state index >= 15 is 0 Å². The van der Waals surface area contributed by atoms with Crippen LogP contribution in [0.25, 0.3) is 0 Å². The summed E-state index contributed by atoms with van der Waals surface area (Å²) in [5, 5.41) is 0.225. The van der Waals surface area contributed by atoms with E-state index in [0.29, 0.717) is 10.1 Å². The molecule has 0 saturated carbocycles. The quantitative estimate of drug-likeness (QED) is 0.527. The second-order valence-electron chi connectivity index (χ2n) is 3.74. The number of hydrogen-bond donors (Lipinski definition) is 0. The van der Waals surface area contributed by atoms with Crippen LogP contribution in [0.4, 0.5) is 0 Å². The molecule has 2 aromatic rings. The van der Waals surface area contributed by atoms with Gasteiger partial charge < -0.3 is 4.74 Å². The molecule has 0 saturated heterocycles. The molecule has 0 aliphatic carbocycles. The van der Waals surface area contributed by atoms with Crippen LogP contribution in [0.1, 0.15) is 5.56 Å². The summed E-state index contributed by atoms with van der Waals surface area (Å²) in [6, 6.07) is 5.64. The van der Waals surface area contributed by atoms with Crippen LogP contribution in [0.15, 0.2) is 33.8 Å². The summed E-state index contributed by atoms with van der Waals surface area (Å²) in [7, 11) is 1.60. The van der Waals surface area contributed by atoms with Crippen LogP contribution in [0.5, 0.6) is 5.75 Å². The fourth-order valence-electron chi connectivity index (χ4n) is 1.61. The molecule has 0 aliphatic heterocycles. The highest BCUT2D eigenvalue weighted by Gasteiger charge is 2.10. The van der Waals surface area contributed by atoms with E-state index in [2.05, 4.69) is 20.9 Å². The van der Waals surface area contributed by atoms with Crippen LogP contribution in [0, 0.1) is 3.57 Å². The normalized spacial score (nSPS) is 10.5. The molecule has 1 aromatic heterocycles. The van der Waals surface area contributed by atoms with Crippen molar-refractivity contribution < 1.29 is 4.74 Å². The highest BCUT2D eigenvalue weighted by molar-refractivity contribution is 14.1. The van der Waals surface area contributed by atoms with Gasteiger partial charge >= 0.3 is 0 Å². The molecule has 0 amide bonds. The van der Waals surface area contributed by atoms with Crippen LogP contribution in [0.2, 0.25) is 5.15 Å². The Kier molecular flexibility index (Phi) is 4.86. The number of ether oxygens (including phenoxy) is 1. The van der Waals surface area contributed by atoms with Crippen molar-refractivity contribution in [1.29, 1.82) is 0 Å². The zero-order valence-electron chi connectivity index (χ0n) is 9.86. The van der Waals surface area contributed by atoms with Crippen LogP contribution < -0.4 is 10.3 Å². The molecule has 7 heteroatoms. The first-order chi connectivity index (χ1) is 9.02. The molecule has 0 N–H and O–H groups in total. The minimum absolute atomic E-state index is 0.164. The number of methoxy groups -OCH3 is 1. The maximum Gasteiger partial charge on any atom is 0.268 e. The van der Waals surface area contributed by atoms with E-state index in [-0.39, 0.29) is 10.7 Å². The molecule has 1 aromatic carbocycles. The van der Waals surface area contributed by atoms with Gasteiger partial charge in [0, 0.05) is 10.0 Å². The summed E-state index contributed by atoms with van der Waals surface area (Å²) in [6.45, 7) is 0.377. The van der Waals surface area contributed by atoms with E-state index < -0.39 is 0 Å². The van der Waals surface area contributed by atoms with Crippen molar-refractivity contribution in [3.63, 3.8) is 0 Å². The minimum Gasteiger partial charge on any atom is -0.496 e. The van der Waals surface area contributed by atoms with Crippen molar-refractivity contribution in [1.82, 2.24) is 9.55 Å². The smallest absolute Gasteiger partial charge is 0.268 e. The molecule has 4 nitrogen and oxygen atoms in total. The Balaban J connectivity index is 2.44. The Morgan fingerprint density at radius 3 is 2.95 bits per heavy atom. The maximum atomic E-state index is 12.1. The monoisotopic (exact) mass is 454 g/mol. The molecule has 0 unspecified atom stereocenters. The average molecular weight is 455 g/mol. The molecular weight excluding hydrogens is 446 g/mol. The van der Waals surface area contributed by atoms with E-state index in [4.69, 9.17) is 16.3 Å². The van der Waals surface area contributed by atoms with Gasteiger partial charge in [0.1, 0.15) is 14.5 Å². The highest BCUT2D eigenvalue weighted by atomic mass is 127. The molecule has 0 fully saturated rings. The number of benzene rings is 1. The lowest BCUT2D eigenvalue weighted by molar-refractivity contribution is 0.408. The van der Waals surface area contributed by atoms with Gasteiger partial charge in [-0.05, 0) is 40.8 Å². The topological polar surface area (TPSA) is 44.1 Å². The van der Waals surface area contributed by atoms with Crippen molar-refractivity contribution in [3.8, 4) is 5.75 Å². The number of halogens is 3. The van der Waals surface area contributed by atoms with Gasteiger partial charge in [-0.25, -0.2) is 4.98 Å². The SMILES string of the molecule is COc1ccc(Br)cc1Cn1cnc(Cl)c(I)c1=O. The van der Waals surface area contributed by atoms with E-state index in [1.54, 1.807) is 7.11 Å². The van der Waals surface area contributed by atoms with Gasteiger partial charge in [0.25, 0.3) is 5.56 Å². The molecule has 0 bridgehead atoms. The zero-order chi connectivity index (χ0) is 14.0. The van der Waals surface area contributed by atoms with Crippen LogP contribution in [-0.2, 0) is 6.54 Å². The summed E-state index contributed by atoms with van der Waals surface area (Å²) in [6.07, 6.45) is 1.44. The lowest BCUT2D eigenvalue weighted by atomic mass is 10.2. The van der Waals surface area contributed by atoms with E-state index in [9.17, 15) is 4.79 Å². The summed E-state index contributed by atoms with van der Waals surface area (Å²) < 4.78 is 8.12. The molecule has 100 valence electrons. The van der Waals surface area contributed by atoms with E-state index in [1.807, 2.05) is 40.8 Å². The Morgan fingerprint density at radius 2 is 2.26 bits per heavy atom. The van der Waals surface area contributed by atoms with Crippen molar-refractivity contribution in [2.45, 2.75) is 6.54 Å². The third kappa shape index (κ3) is 3.29. The minimum atomic E-state index is -0.164. The Hall–Kier alpha value is -0.600. The predicted octanol–water partition coefficient (Wildman–Crippen LogP) is 3.32. The fourth-order valence-corrected chi connectivity index (χ4v) is 2.59. The van der Waals surface area contributed by atoms with E-state index in [0.717, 1.165) is 15.8 Å². The van der Waals surface area contributed by atoms with Gasteiger partial charge in [0.05, 0.1) is 20.0 Å². The molecule has 19 heavy (non-hydrogen) atoms. The number of aromatic nitrogens is 2. The van der Waals surface area contributed by atoms with Crippen LogP contribution in [-0.4, -0.2) is 16.7 Å². The number of nitrogens with zero attached hydrogens (tertiary/aromatic N) is 2. The van der Waals surface area contributed by atoms with Gasteiger partial charge in [-0.15, -0.1) is 0 Å². The number of hydrogen-bond acceptors (Lipinski definition) is 3. The molecule has 1 heterocycles. The van der Waals surface area contributed by atoms with Crippen molar-refractivity contribution in [2.75, 3.05) is 7.11 Å². The van der Waals surface area contributed by atoms with Crippen molar-refractivity contribution >= 4 is 50.1 Å². The summed E-state index contributed by atoms with van der Waals surface area (Å²) in [4.78, 5) is 16.0. The second-order valence-corrected chi connectivity index (χ2v) is 6.09. The van der Waals surface area contributed by atoms with Crippen LogP contribution in [0.3, 0.4) is 0 Å².